The van der Waals surface area contributed by atoms with Gasteiger partial charge in [-0.15, -0.1) is 0 Å². The summed E-state index contributed by atoms with van der Waals surface area (Å²) >= 11 is 0. The molecule has 0 spiro atoms. The molecule has 226 valence electrons. The Morgan fingerprint density at radius 1 is 0.950 bits per heavy atom. The van der Waals surface area contributed by atoms with Crippen LogP contribution in [0.4, 0.5) is 4.79 Å². The molecular formula is C32H51NO6S. The average Bonchev–Trinajstić information content (AvgIpc) is 3.23. The number of hydrogen-bond acceptors (Lipinski definition) is 6. The number of alkyl carbamates (subject to hydrolysis) is 1. The van der Waals surface area contributed by atoms with Crippen molar-refractivity contribution in [1.82, 2.24) is 5.32 Å². The maximum absolute atomic E-state index is 13.8. The number of carbonyl (C=O) groups excluding carboxylic acids is 1. The molecule has 8 heteroatoms. The fourth-order valence-corrected chi connectivity index (χ4v) is 9.24. The van der Waals surface area contributed by atoms with Crippen LogP contribution in [0.3, 0.4) is 0 Å². The lowest BCUT2D eigenvalue weighted by Crippen LogP contribution is -2.55. The van der Waals surface area contributed by atoms with E-state index in [2.05, 4.69) is 33.0 Å². The lowest BCUT2D eigenvalue weighted by atomic mass is 9.70. The van der Waals surface area contributed by atoms with E-state index in [4.69, 9.17) is 8.92 Å². The van der Waals surface area contributed by atoms with E-state index in [1.54, 1.807) is 26.8 Å². The van der Waals surface area contributed by atoms with Gasteiger partial charge >= 0.3 is 6.09 Å². The average molecular weight is 578 g/mol. The van der Waals surface area contributed by atoms with Gasteiger partial charge < -0.3 is 15.2 Å². The molecule has 2 N–H and O–H groups in total. The summed E-state index contributed by atoms with van der Waals surface area (Å²) in [5, 5.41) is 14.6. The molecule has 40 heavy (non-hydrogen) atoms. The van der Waals surface area contributed by atoms with Crippen molar-refractivity contribution in [1.29, 1.82) is 0 Å². The van der Waals surface area contributed by atoms with Crippen LogP contribution < -0.4 is 5.32 Å². The fraction of sp³-hybridized carbons (Fsp3) is 0.781. The molecule has 0 aliphatic heterocycles. The van der Waals surface area contributed by atoms with Crippen LogP contribution >= 0.6 is 0 Å². The zero-order valence-electron chi connectivity index (χ0n) is 25.9. The number of amides is 1. The largest absolute Gasteiger partial charge is 0.444 e. The van der Waals surface area contributed by atoms with Gasteiger partial charge in [0.05, 0.1) is 23.6 Å². The summed E-state index contributed by atoms with van der Waals surface area (Å²) in [6.45, 7) is 17.3. The van der Waals surface area contributed by atoms with Crippen LogP contribution in [-0.2, 0) is 19.0 Å². The van der Waals surface area contributed by atoms with Gasteiger partial charge in [0.1, 0.15) is 5.60 Å². The molecule has 5 rings (SSSR count). The van der Waals surface area contributed by atoms with Crippen molar-refractivity contribution in [2.75, 3.05) is 6.61 Å². The first-order valence-corrected chi connectivity index (χ1v) is 16.6. The third-order valence-electron chi connectivity index (χ3n) is 9.48. The number of ether oxygens (including phenoxy) is 1. The second kappa shape index (κ2) is 11.2. The maximum Gasteiger partial charge on any atom is 0.408 e. The van der Waals surface area contributed by atoms with Gasteiger partial charge in [0.2, 0.25) is 0 Å². The quantitative estimate of drug-likeness (QED) is 0.295. The zero-order chi connectivity index (χ0) is 29.8. The monoisotopic (exact) mass is 577 g/mol. The molecule has 0 radical (unpaired) electrons. The van der Waals surface area contributed by atoms with E-state index in [0.717, 1.165) is 42.4 Å². The number of benzene rings is 1. The van der Waals surface area contributed by atoms with Crippen molar-refractivity contribution in [3.8, 4) is 0 Å². The lowest BCUT2D eigenvalue weighted by molar-refractivity contribution is -0.0370. The number of nitrogens with one attached hydrogen (secondary N) is 1. The Kier molecular flexibility index (Phi) is 8.78. The van der Waals surface area contributed by atoms with E-state index in [-0.39, 0.29) is 34.7 Å². The molecule has 0 heterocycles. The molecule has 1 aromatic rings. The second-order valence-electron chi connectivity index (χ2n) is 14.7. The molecule has 4 aliphatic rings. The molecule has 4 aliphatic carbocycles. The molecule has 2 unspecified atom stereocenters. The van der Waals surface area contributed by atoms with Gasteiger partial charge in [0.15, 0.2) is 0 Å². The first-order valence-electron chi connectivity index (χ1n) is 15.2. The van der Waals surface area contributed by atoms with Crippen LogP contribution in [0.25, 0.3) is 0 Å². The molecule has 0 saturated heterocycles. The highest BCUT2D eigenvalue weighted by Crippen LogP contribution is 2.67. The standard InChI is InChI=1S/C32H51NO6S/c1-18(2)24-13-26(20(5)6)28(14-25(24)19(3)4)40(36,37)38-17-27(33-30(35)39-31(7,8)9)29(34)32-15-21-10-22(16-32)12-23(32)11-21/h13-14,18-23,27,29,34H,10-12,15-17H2,1-9H3,(H,33,35)/t21?,22?,23?,27-,29-,32?/m1/s1. The van der Waals surface area contributed by atoms with E-state index in [0.29, 0.717) is 17.8 Å². The van der Waals surface area contributed by atoms with Crippen LogP contribution in [0.5, 0.6) is 0 Å². The highest BCUT2D eigenvalue weighted by molar-refractivity contribution is 7.86. The Hall–Kier alpha value is -1.64. The van der Waals surface area contributed by atoms with E-state index < -0.39 is 34.0 Å². The highest BCUT2D eigenvalue weighted by atomic mass is 32.2. The summed E-state index contributed by atoms with van der Waals surface area (Å²) in [4.78, 5) is 13.0. The predicted octanol–water partition coefficient (Wildman–Crippen LogP) is 6.84. The first kappa shape index (κ1) is 31.3. The number of rotatable bonds is 10. The van der Waals surface area contributed by atoms with Crippen LogP contribution in [0.2, 0.25) is 0 Å². The molecule has 7 nitrogen and oxygen atoms in total. The van der Waals surface area contributed by atoms with Crippen LogP contribution in [0.15, 0.2) is 17.0 Å². The third-order valence-corrected chi connectivity index (χ3v) is 10.8. The summed E-state index contributed by atoms with van der Waals surface area (Å²) in [6.07, 6.45) is 3.64. The Bertz CT molecular complexity index is 1180. The van der Waals surface area contributed by atoms with Gasteiger partial charge in [0, 0.05) is 5.41 Å². The van der Waals surface area contributed by atoms with Crippen molar-refractivity contribution in [2.24, 2.45) is 23.2 Å². The van der Waals surface area contributed by atoms with Crippen LogP contribution in [0, 0.1) is 23.2 Å². The van der Waals surface area contributed by atoms with Crippen LogP contribution in [0.1, 0.15) is 129 Å². The van der Waals surface area contributed by atoms with Crippen molar-refractivity contribution in [3.05, 3.63) is 28.8 Å². The van der Waals surface area contributed by atoms with Crippen molar-refractivity contribution >= 4 is 16.2 Å². The Morgan fingerprint density at radius 3 is 1.98 bits per heavy atom. The van der Waals surface area contributed by atoms with Gasteiger partial charge in [-0.2, -0.15) is 8.42 Å². The molecular weight excluding hydrogens is 526 g/mol. The normalized spacial score (nSPS) is 27.6. The SMILES string of the molecule is CC(C)c1cc(C(C)C)c(S(=O)(=O)OC[C@@H](NC(=O)OC(C)(C)C)[C@@H](O)C23CC4CC(CC2C4)C3)cc1C(C)C. The minimum Gasteiger partial charge on any atom is -0.444 e. The van der Waals surface area contributed by atoms with Gasteiger partial charge in [-0.05, 0) is 111 Å². The van der Waals surface area contributed by atoms with Crippen molar-refractivity contribution in [2.45, 2.75) is 135 Å². The summed E-state index contributed by atoms with van der Waals surface area (Å²) in [7, 11) is -4.19. The molecule has 4 atom stereocenters. The van der Waals surface area contributed by atoms with Gasteiger partial charge in [-0.25, -0.2) is 4.79 Å². The van der Waals surface area contributed by atoms with Gasteiger partial charge in [-0.3, -0.25) is 4.18 Å². The topological polar surface area (TPSA) is 102 Å². The summed E-state index contributed by atoms with van der Waals surface area (Å²) in [5.41, 5.74) is 1.81. The Labute approximate surface area is 241 Å². The number of aliphatic hydroxyl groups excluding tert-OH is 1. The number of hydrogen-bond donors (Lipinski definition) is 2. The molecule has 4 bridgehead atoms. The number of carbonyl (C=O) groups is 1. The Morgan fingerprint density at radius 2 is 1.48 bits per heavy atom. The predicted molar refractivity (Wildman–Crippen MR) is 157 cm³/mol. The maximum atomic E-state index is 13.8. The zero-order valence-corrected chi connectivity index (χ0v) is 26.7. The van der Waals surface area contributed by atoms with Crippen molar-refractivity contribution in [3.63, 3.8) is 0 Å². The lowest BCUT2D eigenvalue weighted by Gasteiger charge is -2.41. The Balaban J connectivity index is 1.64. The summed E-state index contributed by atoms with van der Waals surface area (Å²) < 4.78 is 38.9. The summed E-state index contributed by atoms with van der Waals surface area (Å²) in [6, 6.07) is 2.87. The van der Waals surface area contributed by atoms with E-state index >= 15 is 0 Å². The van der Waals surface area contributed by atoms with Crippen molar-refractivity contribution < 1.29 is 27.2 Å². The third kappa shape index (κ3) is 6.24. The second-order valence-corrected chi connectivity index (χ2v) is 16.3. The van der Waals surface area contributed by atoms with Gasteiger partial charge in [0.25, 0.3) is 10.1 Å². The molecule has 1 amide bonds. The molecule has 4 fully saturated rings. The van der Waals surface area contributed by atoms with E-state index in [1.807, 2.05) is 19.9 Å². The van der Waals surface area contributed by atoms with Crippen LogP contribution in [-0.4, -0.2) is 44.0 Å². The van der Waals surface area contributed by atoms with E-state index in [1.165, 1.54) is 6.42 Å². The fourth-order valence-electron chi connectivity index (χ4n) is 7.94. The highest BCUT2D eigenvalue weighted by Gasteiger charge is 2.62. The van der Waals surface area contributed by atoms with Gasteiger partial charge in [-0.1, -0.05) is 47.6 Å². The minimum absolute atomic E-state index is 0.0308. The minimum atomic E-state index is -4.19. The first-order chi connectivity index (χ1) is 18.4. The summed E-state index contributed by atoms with van der Waals surface area (Å²) in [5.74, 6) is 1.96. The van der Waals surface area contributed by atoms with E-state index in [9.17, 15) is 18.3 Å². The molecule has 0 aromatic heterocycles. The molecule has 4 saturated carbocycles. The number of aliphatic hydroxyl groups is 1. The smallest absolute Gasteiger partial charge is 0.408 e. The molecule has 1 aromatic carbocycles.